The summed E-state index contributed by atoms with van der Waals surface area (Å²) in [7, 11) is 1.66. The van der Waals surface area contributed by atoms with Crippen LogP contribution in [0.5, 0.6) is 5.75 Å². The van der Waals surface area contributed by atoms with E-state index in [1.54, 1.807) is 13.2 Å². The van der Waals surface area contributed by atoms with Crippen molar-refractivity contribution in [2.24, 2.45) is 0 Å². The zero-order chi connectivity index (χ0) is 15.1. The average molecular weight is 291 g/mol. The van der Waals surface area contributed by atoms with Gasteiger partial charge in [-0.1, -0.05) is 42.5 Å². The second kappa shape index (κ2) is 5.11. The molecule has 0 N–H and O–H groups in total. The Labute approximate surface area is 129 Å². The maximum atomic E-state index is 12.4. The van der Waals surface area contributed by atoms with Gasteiger partial charge in [-0.25, -0.2) is 0 Å². The summed E-state index contributed by atoms with van der Waals surface area (Å²) in [6.45, 7) is 0.767. The highest BCUT2D eigenvalue weighted by Crippen LogP contribution is 2.47. The number of methoxy groups -OCH3 is 1. The third kappa shape index (κ3) is 1.97. The molecule has 2 aromatic rings. The van der Waals surface area contributed by atoms with E-state index in [-0.39, 0.29) is 17.9 Å². The van der Waals surface area contributed by atoms with Crippen LogP contribution in [0.4, 0.5) is 0 Å². The van der Waals surface area contributed by atoms with E-state index in [9.17, 15) is 4.79 Å². The lowest BCUT2D eigenvalue weighted by Gasteiger charge is -2.30. The van der Waals surface area contributed by atoms with Crippen LogP contribution in [-0.4, -0.2) is 17.8 Å². The zero-order valence-electron chi connectivity index (χ0n) is 12.4. The third-order valence-electron chi connectivity index (χ3n) is 4.52. The van der Waals surface area contributed by atoms with Crippen molar-refractivity contribution in [1.82, 2.24) is 4.90 Å². The molecule has 110 valence electrons. The Balaban J connectivity index is 1.76. The Kier molecular flexibility index (Phi) is 3.09. The van der Waals surface area contributed by atoms with Gasteiger partial charge in [0.15, 0.2) is 5.78 Å². The predicted octanol–water partition coefficient (Wildman–Crippen LogP) is 3.43. The van der Waals surface area contributed by atoms with Crippen molar-refractivity contribution >= 4 is 5.78 Å². The van der Waals surface area contributed by atoms with E-state index in [2.05, 4.69) is 23.1 Å². The summed E-state index contributed by atoms with van der Waals surface area (Å²) < 4.78 is 5.33. The Hall–Kier alpha value is -2.39. The molecule has 0 saturated heterocycles. The second-order valence-electron chi connectivity index (χ2n) is 5.76. The lowest BCUT2D eigenvalue weighted by Crippen LogP contribution is -2.32. The first-order valence-corrected chi connectivity index (χ1v) is 7.47. The predicted molar refractivity (Wildman–Crippen MR) is 84.6 cm³/mol. The normalized spacial score (nSPS) is 22.7. The molecular formula is C19H17NO2. The quantitative estimate of drug-likeness (QED) is 0.867. The molecule has 0 radical (unpaired) electrons. The summed E-state index contributed by atoms with van der Waals surface area (Å²) in [6, 6.07) is 16.3. The molecule has 2 heterocycles. The Morgan fingerprint density at radius 3 is 2.68 bits per heavy atom. The standard InChI is InChI=1S/C19H17NO2/c1-22-14-7-8-15-16(11-14)19-18(21)10-9-17(15)20(19)12-13-5-3-2-4-6-13/h2-11,17,19H,12H2,1H3/t17-,19-/m0/s1. The van der Waals surface area contributed by atoms with Crippen LogP contribution in [0.3, 0.4) is 0 Å². The molecule has 0 aliphatic carbocycles. The summed E-state index contributed by atoms with van der Waals surface area (Å²) >= 11 is 0. The molecule has 2 atom stereocenters. The Morgan fingerprint density at radius 2 is 1.91 bits per heavy atom. The first kappa shape index (κ1) is 13.3. The Bertz CT molecular complexity index is 751. The van der Waals surface area contributed by atoms with Crippen LogP contribution in [0.25, 0.3) is 0 Å². The molecule has 22 heavy (non-hydrogen) atoms. The summed E-state index contributed by atoms with van der Waals surface area (Å²) in [5.41, 5.74) is 3.51. The number of carbonyl (C=O) groups is 1. The zero-order valence-corrected chi connectivity index (χ0v) is 12.4. The van der Waals surface area contributed by atoms with Crippen molar-refractivity contribution in [2.45, 2.75) is 18.6 Å². The maximum absolute atomic E-state index is 12.4. The number of hydrogen-bond acceptors (Lipinski definition) is 3. The molecule has 0 aromatic heterocycles. The highest BCUT2D eigenvalue weighted by atomic mass is 16.5. The number of carbonyl (C=O) groups excluding carboxylic acids is 1. The van der Waals surface area contributed by atoms with Crippen molar-refractivity contribution in [3.05, 3.63) is 77.4 Å². The van der Waals surface area contributed by atoms with E-state index in [0.717, 1.165) is 17.9 Å². The fraction of sp³-hybridized carbons (Fsp3) is 0.211. The Morgan fingerprint density at radius 1 is 1.09 bits per heavy atom. The van der Waals surface area contributed by atoms with E-state index in [1.165, 1.54) is 11.1 Å². The summed E-state index contributed by atoms with van der Waals surface area (Å²) in [6.07, 6.45) is 3.74. The van der Waals surface area contributed by atoms with E-state index < -0.39 is 0 Å². The van der Waals surface area contributed by atoms with Crippen LogP contribution in [0.1, 0.15) is 28.8 Å². The van der Waals surface area contributed by atoms with Crippen molar-refractivity contribution in [1.29, 1.82) is 0 Å². The van der Waals surface area contributed by atoms with Crippen LogP contribution in [0, 0.1) is 0 Å². The summed E-state index contributed by atoms with van der Waals surface area (Å²) in [5.74, 6) is 0.956. The van der Waals surface area contributed by atoms with Gasteiger partial charge in [0.05, 0.1) is 19.2 Å². The van der Waals surface area contributed by atoms with Gasteiger partial charge in [0, 0.05) is 6.54 Å². The third-order valence-corrected chi connectivity index (χ3v) is 4.52. The smallest absolute Gasteiger partial charge is 0.177 e. The fourth-order valence-corrected chi connectivity index (χ4v) is 3.50. The molecule has 4 rings (SSSR count). The SMILES string of the molecule is COc1ccc2c(c1)[C@H]1C(=O)C=C[C@@H]2N1Cc1ccccc1. The maximum Gasteiger partial charge on any atom is 0.177 e. The van der Waals surface area contributed by atoms with Crippen LogP contribution in [0.2, 0.25) is 0 Å². The molecule has 3 heteroatoms. The average Bonchev–Trinajstić information content (AvgIpc) is 2.77. The van der Waals surface area contributed by atoms with Crippen LogP contribution in [0.15, 0.2) is 60.7 Å². The largest absolute Gasteiger partial charge is 0.497 e. The molecule has 2 aromatic carbocycles. The minimum atomic E-state index is -0.194. The van der Waals surface area contributed by atoms with Gasteiger partial charge >= 0.3 is 0 Å². The first-order chi connectivity index (χ1) is 10.8. The van der Waals surface area contributed by atoms with E-state index in [0.29, 0.717) is 0 Å². The molecule has 3 nitrogen and oxygen atoms in total. The van der Waals surface area contributed by atoms with Crippen molar-refractivity contribution < 1.29 is 9.53 Å². The van der Waals surface area contributed by atoms with Gasteiger partial charge in [-0.2, -0.15) is 0 Å². The summed E-state index contributed by atoms with van der Waals surface area (Å²) in [5, 5.41) is 0. The van der Waals surface area contributed by atoms with E-state index in [4.69, 9.17) is 4.74 Å². The highest BCUT2D eigenvalue weighted by Gasteiger charge is 2.43. The number of fused-ring (bicyclic) bond motifs is 5. The topological polar surface area (TPSA) is 29.5 Å². The van der Waals surface area contributed by atoms with Crippen molar-refractivity contribution in [3.63, 3.8) is 0 Å². The first-order valence-electron chi connectivity index (χ1n) is 7.47. The lowest BCUT2D eigenvalue weighted by molar-refractivity contribution is -0.120. The van der Waals surface area contributed by atoms with Gasteiger partial charge in [-0.3, -0.25) is 9.69 Å². The van der Waals surface area contributed by atoms with Gasteiger partial charge in [-0.15, -0.1) is 0 Å². The van der Waals surface area contributed by atoms with Crippen LogP contribution < -0.4 is 4.74 Å². The van der Waals surface area contributed by atoms with E-state index in [1.807, 2.05) is 36.4 Å². The number of nitrogens with zero attached hydrogens (tertiary/aromatic N) is 1. The summed E-state index contributed by atoms with van der Waals surface area (Å²) in [4.78, 5) is 14.7. The number of benzene rings is 2. The molecule has 2 aliphatic rings. The molecule has 0 fully saturated rings. The molecule has 0 saturated carbocycles. The van der Waals surface area contributed by atoms with Crippen molar-refractivity contribution in [3.8, 4) is 5.75 Å². The monoisotopic (exact) mass is 291 g/mol. The molecule has 0 amide bonds. The number of ketones is 1. The van der Waals surface area contributed by atoms with Crippen LogP contribution in [-0.2, 0) is 11.3 Å². The number of ether oxygens (including phenoxy) is 1. The van der Waals surface area contributed by atoms with Gasteiger partial charge in [0.1, 0.15) is 5.75 Å². The molecule has 0 spiro atoms. The van der Waals surface area contributed by atoms with Gasteiger partial charge in [0.25, 0.3) is 0 Å². The van der Waals surface area contributed by atoms with Crippen molar-refractivity contribution in [2.75, 3.05) is 7.11 Å². The second-order valence-corrected chi connectivity index (χ2v) is 5.76. The van der Waals surface area contributed by atoms with Crippen LogP contribution >= 0.6 is 0 Å². The van der Waals surface area contributed by atoms with Gasteiger partial charge in [-0.05, 0) is 34.9 Å². The minimum Gasteiger partial charge on any atom is -0.497 e. The molecule has 2 bridgehead atoms. The van der Waals surface area contributed by atoms with Gasteiger partial charge < -0.3 is 4.74 Å². The number of hydrogen-bond donors (Lipinski definition) is 0. The molecule has 2 aliphatic heterocycles. The molecule has 0 unspecified atom stereocenters. The lowest BCUT2D eigenvalue weighted by atomic mass is 10.0. The van der Waals surface area contributed by atoms with Gasteiger partial charge in [0.2, 0.25) is 0 Å². The van der Waals surface area contributed by atoms with E-state index >= 15 is 0 Å². The number of rotatable bonds is 3. The fourth-order valence-electron chi connectivity index (χ4n) is 3.50. The molecular weight excluding hydrogens is 274 g/mol. The highest BCUT2D eigenvalue weighted by molar-refractivity contribution is 5.97. The minimum absolute atomic E-state index is 0.152.